The monoisotopic (exact) mass is 238 g/mol. The van der Waals surface area contributed by atoms with Crippen LogP contribution in [0.1, 0.15) is 13.3 Å². The van der Waals surface area contributed by atoms with Gasteiger partial charge in [-0.1, -0.05) is 18.5 Å². The second kappa shape index (κ2) is 3.81. The van der Waals surface area contributed by atoms with Gasteiger partial charge in [-0.05, 0) is 6.42 Å². The summed E-state index contributed by atoms with van der Waals surface area (Å²) < 4.78 is 36.9. The highest BCUT2D eigenvalue weighted by Crippen LogP contribution is 2.44. The van der Waals surface area contributed by atoms with Crippen LogP contribution in [0.3, 0.4) is 0 Å². The van der Waals surface area contributed by atoms with E-state index in [-0.39, 0.29) is 6.42 Å². The molecule has 0 spiro atoms. The normalized spacial score (nSPS) is 22.2. The van der Waals surface area contributed by atoms with Crippen LogP contribution in [0.4, 0.5) is 13.2 Å². The summed E-state index contributed by atoms with van der Waals surface area (Å²) in [6.07, 6.45) is -4.85. The zero-order chi connectivity index (χ0) is 10.9. The van der Waals surface area contributed by atoms with Gasteiger partial charge in [-0.3, -0.25) is 0 Å². The van der Waals surface area contributed by atoms with E-state index >= 15 is 0 Å². The molecule has 13 heavy (non-hydrogen) atoms. The molecule has 0 rings (SSSR count). The molecule has 7 heteroatoms. The Morgan fingerprint density at radius 3 is 1.69 bits per heavy atom. The minimum Gasteiger partial charge on any atom is -0.329 e. The smallest absolute Gasteiger partial charge is 0.329 e. The first kappa shape index (κ1) is 13.3. The summed E-state index contributed by atoms with van der Waals surface area (Å²) in [5, 5.41) is 0. The quantitative estimate of drug-likeness (QED) is 0.582. The van der Waals surface area contributed by atoms with Crippen LogP contribution in [0, 0.1) is 0 Å². The van der Waals surface area contributed by atoms with Crippen LogP contribution in [0.2, 0.25) is 0 Å². The lowest BCUT2D eigenvalue weighted by Gasteiger charge is -2.39. The van der Waals surface area contributed by atoms with Gasteiger partial charge in [0.2, 0.25) is 5.00 Å². The minimum atomic E-state index is -4.79. The van der Waals surface area contributed by atoms with E-state index < -0.39 is 22.6 Å². The van der Waals surface area contributed by atoms with Crippen molar-refractivity contribution in [3.63, 3.8) is 0 Å². The van der Waals surface area contributed by atoms with Gasteiger partial charge in [0.1, 0.15) is 0 Å². The summed E-state index contributed by atoms with van der Waals surface area (Å²) in [6.45, 7) is 1.00. The molecule has 0 aliphatic heterocycles. The van der Waals surface area contributed by atoms with Crippen LogP contribution < -0.4 is 11.5 Å². The summed E-state index contributed by atoms with van der Waals surface area (Å²) in [4.78, 5) is -4.86. The standard InChI is InChI=1S/C6H11Cl2F3N2/c1-2-4(7,3-12)5(8,13)6(9,10)11/h2-3,12-13H2,1H3. The fourth-order valence-corrected chi connectivity index (χ4v) is 1.12. The van der Waals surface area contributed by atoms with Crippen LogP contribution in [-0.4, -0.2) is 22.6 Å². The fourth-order valence-electron chi connectivity index (χ4n) is 0.804. The highest BCUT2D eigenvalue weighted by molar-refractivity contribution is 6.35. The lowest BCUT2D eigenvalue weighted by Crippen LogP contribution is -2.65. The van der Waals surface area contributed by atoms with E-state index in [0.717, 1.165) is 0 Å². The summed E-state index contributed by atoms with van der Waals surface area (Å²) >= 11 is 10.7. The van der Waals surface area contributed by atoms with Gasteiger partial charge in [-0.25, -0.2) is 0 Å². The molecule has 0 heterocycles. The van der Waals surface area contributed by atoms with Crippen molar-refractivity contribution in [2.24, 2.45) is 11.5 Å². The third kappa shape index (κ3) is 2.21. The van der Waals surface area contributed by atoms with Crippen LogP contribution in [-0.2, 0) is 0 Å². The predicted octanol–water partition coefficient (Wildman–Crippen LogP) is 1.79. The minimum absolute atomic E-state index is 0.0649. The number of hydrogen-bond donors (Lipinski definition) is 2. The zero-order valence-corrected chi connectivity index (χ0v) is 8.47. The van der Waals surface area contributed by atoms with Gasteiger partial charge in [0, 0.05) is 6.54 Å². The van der Waals surface area contributed by atoms with Crippen molar-refractivity contribution in [1.82, 2.24) is 0 Å². The molecule has 4 N–H and O–H groups in total. The lowest BCUT2D eigenvalue weighted by atomic mass is 9.95. The van der Waals surface area contributed by atoms with Gasteiger partial charge in [0.15, 0.2) is 0 Å². The maximum Gasteiger partial charge on any atom is 0.422 e. The highest BCUT2D eigenvalue weighted by Gasteiger charge is 2.62. The van der Waals surface area contributed by atoms with Crippen molar-refractivity contribution in [1.29, 1.82) is 0 Å². The number of alkyl halides is 5. The molecule has 0 saturated carbocycles. The van der Waals surface area contributed by atoms with Gasteiger partial charge in [-0.15, -0.1) is 11.6 Å². The molecular weight excluding hydrogens is 228 g/mol. The highest BCUT2D eigenvalue weighted by atomic mass is 35.5. The summed E-state index contributed by atoms with van der Waals surface area (Å²) in [5.41, 5.74) is 10.0. The Kier molecular flexibility index (Phi) is 3.89. The number of halogens is 5. The molecule has 0 amide bonds. The van der Waals surface area contributed by atoms with Crippen molar-refractivity contribution < 1.29 is 13.2 Å². The largest absolute Gasteiger partial charge is 0.422 e. The van der Waals surface area contributed by atoms with E-state index in [1.165, 1.54) is 6.92 Å². The number of rotatable bonds is 3. The molecule has 0 aliphatic carbocycles. The molecular formula is C6H11Cl2F3N2. The molecule has 0 bridgehead atoms. The van der Waals surface area contributed by atoms with Crippen molar-refractivity contribution in [3.05, 3.63) is 0 Å². The van der Waals surface area contributed by atoms with Crippen LogP contribution >= 0.6 is 23.2 Å². The van der Waals surface area contributed by atoms with Gasteiger partial charge < -0.3 is 11.5 Å². The Morgan fingerprint density at radius 2 is 1.62 bits per heavy atom. The van der Waals surface area contributed by atoms with Crippen molar-refractivity contribution in [3.8, 4) is 0 Å². The first-order valence-electron chi connectivity index (χ1n) is 3.56. The van der Waals surface area contributed by atoms with Gasteiger partial charge >= 0.3 is 6.18 Å². The Bertz CT molecular complexity index is 177. The molecule has 2 unspecified atom stereocenters. The van der Waals surface area contributed by atoms with Crippen LogP contribution in [0.15, 0.2) is 0 Å². The van der Waals surface area contributed by atoms with Crippen molar-refractivity contribution in [2.45, 2.75) is 29.4 Å². The first-order chi connectivity index (χ1) is 5.62. The lowest BCUT2D eigenvalue weighted by molar-refractivity contribution is -0.169. The molecule has 0 radical (unpaired) electrons. The van der Waals surface area contributed by atoms with E-state index in [0.29, 0.717) is 0 Å². The Balaban J connectivity index is 5.00. The molecule has 0 aromatic carbocycles. The van der Waals surface area contributed by atoms with Crippen LogP contribution in [0.25, 0.3) is 0 Å². The van der Waals surface area contributed by atoms with E-state index in [4.69, 9.17) is 34.7 Å². The average Bonchev–Trinajstić information content (AvgIpc) is 2.00. The van der Waals surface area contributed by atoms with E-state index in [1.807, 2.05) is 0 Å². The van der Waals surface area contributed by atoms with Gasteiger partial charge in [0.05, 0.1) is 4.87 Å². The molecule has 0 aromatic rings. The molecule has 0 saturated heterocycles. The molecule has 80 valence electrons. The zero-order valence-electron chi connectivity index (χ0n) is 6.96. The summed E-state index contributed by atoms with van der Waals surface area (Å²) in [6, 6.07) is 0. The number of nitrogens with two attached hydrogens (primary N) is 2. The third-order valence-corrected chi connectivity index (χ3v) is 3.34. The molecule has 2 nitrogen and oxygen atoms in total. The maximum absolute atomic E-state index is 12.3. The predicted molar refractivity (Wildman–Crippen MR) is 46.8 cm³/mol. The van der Waals surface area contributed by atoms with Gasteiger partial charge in [-0.2, -0.15) is 13.2 Å². The summed E-state index contributed by atoms with van der Waals surface area (Å²) in [5.74, 6) is 0. The van der Waals surface area contributed by atoms with E-state index in [9.17, 15) is 13.2 Å². The van der Waals surface area contributed by atoms with Gasteiger partial charge in [0.25, 0.3) is 0 Å². The fraction of sp³-hybridized carbons (Fsp3) is 1.00. The third-order valence-electron chi connectivity index (χ3n) is 1.95. The van der Waals surface area contributed by atoms with E-state index in [2.05, 4.69) is 0 Å². The Morgan fingerprint density at radius 1 is 1.23 bits per heavy atom. The average molecular weight is 239 g/mol. The number of hydrogen-bond acceptors (Lipinski definition) is 2. The van der Waals surface area contributed by atoms with Crippen LogP contribution in [0.5, 0.6) is 0 Å². The second-order valence-corrected chi connectivity index (χ2v) is 4.05. The molecule has 0 aliphatic rings. The topological polar surface area (TPSA) is 52.0 Å². The van der Waals surface area contributed by atoms with Crippen molar-refractivity contribution in [2.75, 3.05) is 6.54 Å². The van der Waals surface area contributed by atoms with Crippen molar-refractivity contribution >= 4 is 23.2 Å². The molecule has 0 fully saturated rings. The molecule has 0 aromatic heterocycles. The summed E-state index contributed by atoms with van der Waals surface area (Å²) in [7, 11) is 0. The SMILES string of the molecule is CCC(Cl)(CN)C(N)(Cl)C(F)(F)F. The Hall–Kier alpha value is 0.290. The van der Waals surface area contributed by atoms with E-state index in [1.54, 1.807) is 0 Å². The second-order valence-electron chi connectivity index (χ2n) is 2.73. The first-order valence-corrected chi connectivity index (χ1v) is 4.31. The maximum atomic E-state index is 12.3. The molecule has 2 atom stereocenters. The Labute approximate surface area is 84.3 Å².